The molecular formula is C22H23N3O2S. The number of nitrogens with zero attached hydrogens (tertiary/aromatic N) is 3. The highest BCUT2D eigenvalue weighted by Gasteiger charge is 2.14. The Labute approximate surface area is 168 Å². The zero-order chi connectivity index (χ0) is 19.5. The molecule has 0 aliphatic carbocycles. The fourth-order valence-electron chi connectivity index (χ4n) is 3.49. The van der Waals surface area contributed by atoms with Gasteiger partial charge in [0, 0.05) is 30.6 Å². The molecular weight excluding hydrogens is 370 g/mol. The Bertz CT molecular complexity index is 982. The molecule has 6 heteroatoms. The highest BCUT2D eigenvalue weighted by Crippen LogP contribution is 2.31. The van der Waals surface area contributed by atoms with Gasteiger partial charge in [0.25, 0.3) is 0 Å². The summed E-state index contributed by atoms with van der Waals surface area (Å²) in [5, 5.41) is 19.4. The fourth-order valence-corrected chi connectivity index (χ4v) is 4.34. The van der Waals surface area contributed by atoms with Crippen LogP contribution in [0.5, 0.6) is 0 Å². The first kappa shape index (κ1) is 18.8. The van der Waals surface area contributed by atoms with E-state index < -0.39 is 5.97 Å². The zero-order valence-electron chi connectivity index (χ0n) is 15.9. The summed E-state index contributed by atoms with van der Waals surface area (Å²) in [4.78, 5) is 13.1. The van der Waals surface area contributed by atoms with Gasteiger partial charge in [-0.3, -0.25) is 4.79 Å². The number of aryl methyl sites for hydroxylation is 1. The Hall–Kier alpha value is -2.57. The van der Waals surface area contributed by atoms with Gasteiger partial charge >= 0.3 is 5.97 Å². The Kier molecular flexibility index (Phi) is 5.50. The molecule has 1 aliphatic rings. The number of fused-ring (bicyclic) bond motifs is 1. The summed E-state index contributed by atoms with van der Waals surface area (Å²) in [5.74, 6) is -0.773. The minimum atomic E-state index is -0.773. The van der Waals surface area contributed by atoms with Crippen molar-refractivity contribution in [2.24, 2.45) is 0 Å². The lowest BCUT2D eigenvalue weighted by atomic mass is 10.0. The van der Waals surface area contributed by atoms with Crippen molar-refractivity contribution in [3.8, 4) is 21.1 Å². The molecule has 5 nitrogen and oxygen atoms in total. The zero-order valence-corrected chi connectivity index (χ0v) is 16.7. The average Bonchev–Trinajstić information content (AvgIpc) is 3.12. The molecule has 0 saturated carbocycles. The molecule has 1 aromatic heterocycles. The van der Waals surface area contributed by atoms with Crippen molar-refractivity contribution in [2.75, 3.05) is 20.1 Å². The highest BCUT2D eigenvalue weighted by atomic mass is 32.1. The first-order chi connectivity index (χ1) is 13.6. The van der Waals surface area contributed by atoms with E-state index in [0.29, 0.717) is 6.42 Å². The van der Waals surface area contributed by atoms with Gasteiger partial charge in [0.1, 0.15) is 10.0 Å². The van der Waals surface area contributed by atoms with Gasteiger partial charge in [0.15, 0.2) is 0 Å². The van der Waals surface area contributed by atoms with Gasteiger partial charge < -0.3 is 10.0 Å². The normalized spacial score (nSPS) is 14.5. The van der Waals surface area contributed by atoms with Gasteiger partial charge in [-0.05, 0) is 49.1 Å². The molecule has 0 unspecified atom stereocenters. The van der Waals surface area contributed by atoms with Gasteiger partial charge in [-0.15, -0.1) is 10.2 Å². The Morgan fingerprint density at radius 2 is 1.64 bits per heavy atom. The first-order valence-electron chi connectivity index (χ1n) is 9.54. The van der Waals surface area contributed by atoms with Crippen molar-refractivity contribution < 1.29 is 9.90 Å². The molecule has 28 heavy (non-hydrogen) atoms. The van der Waals surface area contributed by atoms with E-state index in [4.69, 9.17) is 5.11 Å². The number of likely N-dealkylation sites (N-methyl/N-ethyl adjacent to an activating group) is 1. The summed E-state index contributed by atoms with van der Waals surface area (Å²) < 4.78 is 0. The van der Waals surface area contributed by atoms with Crippen LogP contribution in [0.3, 0.4) is 0 Å². The molecule has 1 N–H and O–H groups in total. The smallest absolute Gasteiger partial charge is 0.303 e. The van der Waals surface area contributed by atoms with E-state index in [2.05, 4.69) is 40.3 Å². The highest BCUT2D eigenvalue weighted by molar-refractivity contribution is 7.17. The van der Waals surface area contributed by atoms with Crippen LogP contribution in [0.2, 0.25) is 0 Å². The van der Waals surface area contributed by atoms with Gasteiger partial charge in [0.2, 0.25) is 0 Å². The van der Waals surface area contributed by atoms with Crippen LogP contribution < -0.4 is 0 Å². The Morgan fingerprint density at radius 3 is 2.36 bits per heavy atom. The molecule has 1 aliphatic heterocycles. The maximum Gasteiger partial charge on any atom is 0.303 e. The number of hydrogen-bond acceptors (Lipinski definition) is 5. The van der Waals surface area contributed by atoms with E-state index in [1.54, 1.807) is 11.3 Å². The first-order valence-corrected chi connectivity index (χ1v) is 10.4. The second-order valence-corrected chi connectivity index (χ2v) is 8.27. The van der Waals surface area contributed by atoms with Crippen LogP contribution >= 0.6 is 11.3 Å². The molecule has 2 heterocycles. The van der Waals surface area contributed by atoms with Crippen LogP contribution in [-0.2, 0) is 24.1 Å². The third kappa shape index (κ3) is 4.29. The SMILES string of the molecule is CN1CCc2ccc(-c3nnc(-c4ccc(CCC(=O)O)cc4)s3)cc2CC1. The van der Waals surface area contributed by atoms with E-state index in [-0.39, 0.29) is 6.42 Å². The van der Waals surface area contributed by atoms with E-state index >= 15 is 0 Å². The lowest BCUT2D eigenvalue weighted by Gasteiger charge is -2.10. The van der Waals surface area contributed by atoms with Crippen LogP contribution in [0.1, 0.15) is 23.1 Å². The molecule has 4 rings (SSSR count). The number of benzene rings is 2. The minimum absolute atomic E-state index is 0.149. The number of carboxylic acid groups (broad SMARTS) is 1. The second kappa shape index (κ2) is 8.20. The summed E-state index contributed by atoms with van der Waals surface area (Å²) in [7, 11) is 2.18. The third-order valence-electron chi connectivity index (χ3n) is 5.23. The van der Waals surface area contributed by atoms with Crippen LogP contribution in [-0.4, -0.2) is 46.3 Å². The number of carboxylic acids is 1. The summed E-state index contributed by atoms with van der Waals surface area (Å²) >= 11 is 1.59. The summed E-state index contributed by atoms with van der Waals surface area (Å²) in [6.07, 6.45) is 2.86. The van der Waals surface area contributed by atoms with Crippen molar-refractivity contribution in [1.29, 1.82) is 0 Å². The average molecular weight is 394 g/mol. The van der Waals surface area contributed by atoms with Gasteiger partial charge in [-0.2, -0.15) is 0 Å². The molecule has 2 aromatic carbocycles. The van der Waals surface area contributed by atoms with Crippen molar-refractivity contribution in [3.63, 3.8) is 0 Å². The largest absolute Gasteiger partial charge is 0.481 e. The number of hydrogen-bond donors (Lipinski definition) is 1. The summed E-state index contributed by atoms with van der Waals surface area (Å²) in [6.45, 7) is 2.20. The third-order valence-corrected chi connectivity index (χ3v) is 6.25. The Morgan fingerprint density at radius 1 is 1.00 bits per heavy atom. The molecule has 0 radical (unpaired) electrons. The van der Waals surface area contributed by atoms with Crippen molar-refractivity contribution in [3.05, 3.63) is 59.2 Å². The van der Waals surface area contributed by atoms with Crippen molar-refractivity contribution in [1.82, 2.24) is 15.1 Å². The molecule has 144 valence electrons. The molecule has 0 atom stereocenters. The number of rotatable bonds is 5. The maximum atomic E-state index is 10.7. The molecule has 0 bridgehead atoms. The van der Waals surface area contributed by atoms with Crippen molar-refractivity contribution >= 4 is 17.3 Å². The number of aromatic nitrogens is 2. The number of carbonyl (C=O) groups is 1. The molecule has 0 fully saturated rings. The number of aliphatic carboxylic acids is 1. The van der Waals surface area contributed by atoms with E-state index in [9.17, 15) is 4.79 Å². The van der Waals surface area contributed by atoms with E-state index in [1.807, 2.05) is 24.3 Å². The predicted octanol–water partition coefficient (Wildman–Crippen LogP) is 3.92. The standard InChI is InChI=1S/C22H23N3O2S/c1-25-12-10-16-7-8-19(14-18(16)11-13-25)22-24-23-21(28-22)17-5-2-15(3-6-17)4-9-20(26)27/h2-3,5-8,14H,4,9-13H2,1H3,(H,26,27). The molecule has 3 aromatic rings. The van der Waals surface area contributed by atoms with Crippen LogP contribution in [0.25, 0.3) is 21.1 Å². The van der Waals surface area contributed by atoms with E-state index in [1.165, 1.54) is 11.1 Å². The lowest BCUT2D eigenvalue weighted by Crippen LogP contribution is -2.20. The van der Waals surface area contributed by atoms with Gasteiger partial charge in [0.05, 0.1) is 0 Å². The maximum absolute atomic E-state index is 10.7. The fraction of sp³-hybridized carbons (Fsp3) is 0.318. The van der Waals surface area contributed by atoms with Crippen LogP contribution in [0.4, 0.5) is 0 Å². The quantitative estimate of drug-likeness (QED) is 0.712. The van der Waals surface area contributed by atoms with Crippen LogP contribution in [0, 0.1) is 0 Å². The predicted molar refractivity (Wildman–Crippen MR) is 112 cm³/mol. The van der Waals surface area contributed by atoms with Gasteiger partial charge in [-0.25, -0.2) is 0 Å². The molecule has 0 spiro atoms. The summed E-state index contributed by atoms with van der Waals surface area (Å²) in [6, 6.07) is 14.6. The van der Waals surface area contributed by atoms with Gasteiger partial charge in [-0.1, -0.05) is 47.7 Å². The summed E-state index contributed by atoms with van der Waals surface area (Å²) in [5.41, 5.74) is 6.02. The van der Waals surface area contributed by atoms with Crippen molar-refractivity contribution in [2.45, 2.75) is 25.7 Å². The topological polar surface area (TPSA) is 66.3 Å². The molecule has 0 amide bonds. The Balaban J connectivity index is 1.52. The lowest BCUT2D eigenvalue weighted by molar-refractivity contribution is -0.136. The second-order valence-electron chi connectivity index (χ2n) is 7.29. The monoisotopic (exact) mass is 393 g/mol. The molecule has 0 saturated heterocycles. The van der Waals surface area contributed by atoms with Crippen LogP contribution in [0.15, 0.2) is 42.5 Å². The minimum Gasteiger partial charge on any atom is -0.481 e. The van der Waals surface area contributed by atoms with E-state index in [0.717, 1.165) is 52.6 Å².